The zero-order valence-corrected chi connectivity index (χ0v) is 12.5. The van der Waals surface area contributed by atoms with Crippen LogP contribution in [-0.2, 0) is 4.74 Å². The number of para-hydroxylation sites is 1. The van der Waals surface area contributed by atoms with Gasteiger partial charge in [0, 0.05) is 11.8 Å². The Morgan fingerprint density at radius 3 is 2.17 bits per heavy atom. The molecule has 0 saturated carbocycles. The number of nitrogens with zero attached hydrogens (tertiary/aromatic N) is 2. The van der Waals surface area contributed by atoms with Crippen molar-refractivity contribution in [2.75, 3.05) is 7.11 Å². The maximum absolute atomic E-state index is 12.6. The van der Waals surface area contributed by atoms with Crippen LogP contribution < -0.4 is 0 Å². The largest absolute Gasteiger partial charge is 0.465 e. The first-order valence-electron chi connectivity index (χ1n) is 7.04. The van der Waals surface area contributed by atoms with Crippen LogP contribution in [0, 0.1) is 0 Å². The Hall–Kier alpha value is -3.21. The molecule has 0 aliphatic carbocycles. The molecule has 0 spiro atoms. The topological polar surface area (TPSA) is 61.2 Å². The summed E-state index contributed by atoms with van der Waals surface area (Å²) in [7, 11) is 1.28. The van der Waals surface area contributed by atoms with Crippen LogP contribution >= 0.6 is 0 Å². The highest BCUT2D eigenvalue weighted by molar-refractivity contribution is 6.13. The van der Waals surface area contributed by atoms with E-state index in [0.29, 0.717) is 5.56 Å². The summed E-state index contributed by atoms with van der Waals surface area (Å²) in [4.78, 5) is 24.6. The standard InChI is InChI=1S/C18H14N2O3/c1-23-18(22)15-12-20(14-10-6-3-7-11-14)19-16(15)17(21)13-8-4-2-5-9-13/h2-12H,1H3. The fourth-order valence-electron chi connectivity index (χ4n) is 2.24. The van der Waals surface area contributed by atoms with E-state index in [9.17, 15) is 9.59 Å². The Labute approximate surface area is 133 Å². The smallest absolute Gasteiger partial charge is 0.341 e. The maximum Gasteiger partial charge on any atom is 0.341 e. The highest BCUT2D eigenvalue weighted by Gasteiger charge is 2.24. The van der Waals surface area contributed by atoms with Crippen LogP contribution in [0.1, 0.15) is 26.4 Å². The molecule has 23 heavy (non-hydrogen) atoms. The summed E-state index contributed by atoms with van der Waals surface area (Å²) in [5.41, 5.74) is 1.44. The van der Waals surface area contributed by atoms with Crippen molar-refractivity contribution in [3.05, 3.63) is 83.7 Å². The second kappa shape index (κ2) is 6.27. The first-order chi connectivity index (χ1) is 11.2. The average molecular weight is 306 g/mol. The highest BCUT2D eigenvalue weighted by Crippen LogP contribution is 2.17. The van der Waals surface area contributed by atoms with Crippen molar-refractivity contribution in [3.63, 3.8) is 0 Å². The molecule has 5 heteroatoms. The first-order valence-corrected chi connectivity index (χ1v) is 7.04. The van der Waals surface area contributed by atoms with Gasteiger partial charge in [0.1, 0.15) is 11.3 Å². The number of aromatic nitrogens is 2. The molecule has 1 aromatic heterocycles. The number of carbonyl (C=O) groups is 2. The highest BCUT2D eigenvalue weighted by atomic mass is 16.5. The Bertz CT molecular complexity index is 839. The number of methoxy groups -OCH3 is 1. The Morgan fingerprint density at radius 1 is 0.957 bits per heavy atom. The summed E-state index contributed by atoms with van der Waals surface area (Å²) < 4.78 is 6.27. The number of hydrogen-bond acceptors (Lipinski definition) is 4. The molecule has 0 aliphatic heterocycles. The van der Waals surface area contributed by atoms with Crippen LogP contribution in [0.25, 0.3) is 5.69 Å². The normalized spacial score (nSPS) is 10.3. The van der Waals surface area contributed by atoms with E-state index in [1.165, 1.54) is 18.0 Å². The van der Waals surface area contributed by atoms with Gasteiger partial charge in [0.25, 0.3) is 0 Å². The molecule has 0 atom stereocenters. The van der Waals surface area contributed by atoms with Crippen LogP contribution in [0.15, 0.2) is 66.9 Å². The minimum Gasteiger partial charge on any atom is -0.465 e. The lowest BCUT2D eigenvalue weighted by atomic mass is 10.1. The zero-order valence-electron chi connectivity index (χ0n) is 12.5. The summed E-state index contributed by atoms with van der Waals surface area (Å²) in [6, 6.07) is 18.0. The van der Waals surface area contributed by atoms with Gasteiger partial charge >= 0.3 is 5.97 Å². The number of benzene rings is 2. The minimum absolute atomic E-state index is 0.0758. The van der Waals surface area contributed by atoms with E-state index >= 15 is 0 Å². The molecule has 0 bridgehead atoms. The summed E-state index contributed by atoms with van der Waals surface area (Å²) in [5, 5.41) is 4.29. The molecule has 3 aromatic rings. The third-order valence-electron chi connectivity index (χ3n) is 3.39. The Kier molecular flexibility index (Phi) is 4.01. The van der Waals surface area contributed by atoms with Gasteiger partial charge in [0.15, 0.2) is 0 Å². The second-order valence-electron chi connectivity index (χ2n) is 4.86. The molecule has 2 aromatic carbocycles. The molecular formula is C18H14N2O3. The fraction of sp³-hybridized carbons (Fsp3) is 0.0556. The lowest BCUT2D eigenvalue weighted by Crippen LogP contribution is -2.10. The molecule has 3 rings (SSSR count). The lowest BCUT2D eigenvalue weighted by Gasteiger charge is -2.00. The Balaban J connectivity index is 2.10. The third kappa shape index (κ3) is 2.89. The van der Waals surface area contributed by atoms with Gasteiger partial charge in [-0.3, -0.25) is 4.79 Å². The molecule has 0 unspecified atom stereocenters. The van der Waals surface area contributed by atoms with Gasteiger partial charge < -0.3 is 4.74 Å². The van der Waals surface area contributed by atoms with Crippen LogP contribution in [0.2, 0.25) is 0 Å². The van der Waals surface area contributed by atoms with Crippen molar-refractivity contribution in [1.82, 2.24) is 9.78 Å². The molecule has 1 heterocycles. The van der Waals surface area contributed by atoms with Gasteiger partial charge in [-0.05, 0) is 12.1 Å². The third-order valence-corrected chi connectivity index (χ3v) is 3.39. The zero-order chi connectivity index (χ0) is 16.2. The van der Waals surface area contributed by atoms with Crippen LogP contribution in [-0.4, -0.2) is 28.6 Å². The molecule has 0 fully saturated rings. The van der Waals surface area contributed by atoms with Crippen molar-refractivity contribution in [2.24, 2.45) is 0 Å². The molecule has 0 amide bonds. The van der Waals surface area contributed by atoms with Crippen LogP contribution in [0.4, 0.5) is 0 Å². The summed E-state index contributed by atoms with van der Waals surface area (Å²) in [6.45, 7) is 0. The van der Waals surface area contributed by atoms with Crippen molar-refractivity contribution >= 4 is 11.8 Å². The second-order valence-corrected chi connectivity index (χ2v) is 4.86. The molecule has 0 N–H and O–H groups in total. The van der Waals surface area contributed by atoms with Gasteiger partial charge in [0.05, 0.1) is 12.8 Å². The predicted molar refractivity (Wildman–Crippen MR) is 84.8 cm³/mol. The van der Waals surface area contributed by atoms with Gasteiger partial charge in [-0.15, -0.1) is 0 Å². The summed E-state index contributed by atoms with van der Waals surface area (Å²) in [5.74, 6) is -0.910. The van der Waals surface area contributed by atoms with Gasteiger partial charge in [0.2, 0.25) is 5.78 Å². The van der Waals surface area contributed by atoms with E-state index in [1.807, 2.05) is 36.4 Å². The number of ether oxygens (including phenoxy) is 1. The monoisotopic (exact) mass is 306 g/mol. The molecule has 0 aliphatic rings. The van der Waals surface area contributed by atoms with Crippen LogP contribution in [0.3, 0.4) is 0 Å². The van der Waals surface area contributed by atoms with Gasteiger partial charge in [-0.1, -0.05) is 48.5 Å². The van der Waals surface area contributed by atoms with E-state index in [2.05, 4.69) is 5.10 Å². The van der Waals surface area contributed by atoms with E-state index in [0.717, 1.165) is 5.69 Å². The molecule has 0 radical (unpaired) electrons. The summed E-state index contributed by atoms with van der Waals surface area (Å²) in [6.07, 6.45) is 1.51. The fourth-order valence-corrected chi connectivity index (χ4v) is 2.24. The van der Waals surface area contributed by atoms with Crippen molar-refractivity contribution < 1.29 is 14.3 Å². The van der Waals surface area contributed by atoms with Crippen molar-refractivity contribution in [1.29, 1.82) is 0 Å². The van der Waals surface area contributed by atoms with E-state index < -0.39 is 5.97 Å². The molecule has 5 nitrogen and oxygen atoms in total. The molecular weight excluding hydrogens is 292 g/mol. The summed E-state index contributed by atoms with van der Waals surface area (Å²) >= 11 is 0. The maximum atomic E-state index is 12.6. The van der Waals surface area contributed by atoms with E-state index in [-0.39, 0.29) is 17.0 Å². The Morgan fingerprint density at radius 2 is 1.57 bits per heavy atom. The average Bonchev–Trinajstić information content (AvgIpc) is 3.07. The molecule has 114 valence electrons. The van der Waals surface area contributed by atoms with Gasteiger partial charge in [-0.25, -0.2) is 9.48 Å². The number of hydrogen-bond donors (Lipinski definition) is 0. The van der Waals surface area contributed by atoms with Gasteiger partial charge in [-0.2, -0.15) is 5.10 Å². The van der Waals surface area contributed by atoms with Crippen LogP contribution in [0.5, 0.6) is 0 Å². The van der Waals surface area contributed by atoms with E-state index in [1.54, 1.807) is 24.3 Å². The van der Waals surface area contributed by atoms with Crippen molar-refractivity contribution in [2.45, 2.75) is 0 Å². The lowest BCUT2D eigenvalue weighted by molar-refractivity contribution is 0.0597. The van der Waals surface area contributed by atoms with Crippen molar-refractivity contribution in [3.8, 4) is 5.69 Å². The number of esters is 1. The predicted octanol–water partition coefficient (Wildman–Crippen LogP) is 2.89. The number of rotatable bonds is 4. The van der Waals surface area contributed by atoms with E-state index in [4.69, 9.17) is 4.74 Å². The first kappa shape index (κ1) is 14.7. The number of carbonyl (C=O) groups excluding carboxylic acids is 2. The minimum atomic E-state index is -0.591. The quantitative estimate of drug-likeness (QED) is 0.549. The SMILES string of the molecule is COC(=O)c1cn(-c2ccccc2)nc1C(=O)c1ccccc1. The number of ketones is 1. The molecule has 0 saturated heterocycles.